The number of imidazole rings is 2. The molecule has 4 aromatic carbocycles. The number of methoxy groups -OCH3 is 2. The van der Waals surface area contributed by atoms with Crippen molar-refractivity contribution in [2.75, 3.05) is 27.3 Å². The van der Waals surface area contributed by atoms with Crippen molar-refractivity contribution >= 4 is 35.8 Å². The van der Waals surface area contributed by atoms with Crippen molar-refractivity contribution in [2.45, 2.75) is 90.4 Å². The summed E-state index contributed by atoms with van der Waals surface area (Å²) in [6.07, 6.45) is 4.81. The van der Waals surface area contributed by atoms with E-state index in [9.17, 15) is 28.8 Å². The van der Waals surface area contributed by atoms with Gasteiger partial charge < -0.3 is 29.9 Å². The molecular weight excluding hydrogens is 913 g/mol. The molecule has 4 amide bonds. The predicted molar refractivity (Wildman–Crippen MR) is 272 cm³/mol. The van der Waals surface area contributed by atoms with Crippen molar-refractivity contribution in [3.63, 3.8) is 0 Å². The quantitative estimate of drug-likeness (QED) is 0.101. The third-order valence-corrected chi connectivity index (χ3v) is 13.6. The summed E-state index contributed by atoms with van der Waals surface area (Å²) in [7, 11) is 2.52. The fourth-order valence-electron chi connectivity index (χ4n) is 9.85. The normalized spacial score (nSPS) is 16.4. The van der Waals surface area contributed by atoms with Crippen molar-refractivity contribution in [3.05, 3.63) is 144 Å². The number of nitrogens with one attached hydrogen (secondary N) is 2. The van der Waals surface area contributed by atoms with Gasteiger partial charge in [0, 0.05) is 24.2 Å². The van der Waals surface area contributed by atoms with E-state index >= 15 is 0 Å². The third kappa shape index (κ3) is 10.9. The van der Waals surface area contributed by atoms with Crippen LogP contribution >= 0.6 is 0 Å². The Hall–Kier alpha value is -7.88. The molecule has 0 unspecified atom stereocenters. The van der Waals surface area contributed by atoms with Gasteiger partial charge in [-0.2, -0.15) is 0 Å². The summed E-state index contributed by atoms with van der Waals surface area (Å²) in [4.78, 5) is 94.8. The summed E-state index contributed by atoms with van der Waals surface area (Å²) in [5.41, 5.74) is 6.19. The van der Waals surface area contributed by atoms with Crippen molar-refractivity contribution in [3.8, 4) is 33.6 Å². The number of ether oxygens (including phenoxy) is 2. The van der Waals surface area contributed by atoms with E-state index in [1.807, 2.05) is 137 Å². The van der Waals surface area contributed by atoms with E-state index in [1.54, 1.807) is 31.3 Å². The number of likely N-dealkylation sites (tertiary alicyclic amines) is 2. The highest BCUT2D eigenvalue weighted by Gasteiger charge is 2.41. The number of hydrogen-bond donors (Lipinski definition) is 2. The number of carbonyl (C=O) groups is 6. The van der Waals surface area contributed by atoms with Crippen LogP contribution in [0.2, 0.25) is 0 Å². The Morgan fingerprint density at radius 3 is 1.21 bits per heavy atom. The number of alkyl carbamates (subject to hydrolysis) is 2. The maximum atomic E-state index is 14.4. The molecule has 374 valence electrons. The van der Waals surface area contributed by atoms with Crippen LogP contribution < -0.4 is 10.6 Å². The van der Waals surface area contributed by atoms with Crippen LogP contribution in [0.4, 0.5) is 9.59 Å². The van der Waals surface area contributed by atoms with E-state index in [4.69, 9.17) is 19.4 Å². The van der Waals surface area contributed by atoms with Gasteiger partial charge in [-0.25, -0.2) is 19.6 Å². The van der Waals surface area contributed by atoms with E-state index in [0.29, 0.717) is 61.8 Å². The second-order valence-electron chi connectivity index (χ2n) is 19.0. The highest BCUT2D eigenvalue weighted by Crippen LogP contribution is 2.38. The molecular formula is C56H62N8O8. The molecule has 6 aromatic rings. The van der Waals surface area contributed by atoms with Gasteiger partial charge in [0.15, 0.2) is 0 Å². The molecule has 8 rings (SSSR count). The molecule has 0 radical (unpaired) electrons. The lowest BCUT2D eigenvalue weighted by Gasteiger charge is -2.30. The van der Waals surface area contributed by atoms with E-state index in [2.05, 4.69) is 10.6 Å². The number of benzene rings is 4. The monoisotopic (exact) mass is 974 g/mol. The van der Waals surface area contributed by atoms with Gasteiger partial charge in [0.05, 0.1) is 62.9 Å². The number of nitrogens with zero attached hydrogens (tertiary/aromatic N) is 6. The Labute approximate surface area is 419 Å². The molecule has 2 N–H and O–H groups in total. The van der Waals surface area contributed by atoms with Crippen molar-refractivity contribution in [1.29, 1.82) is 0 Å². The van der Waals surface area contributed by atoms with Crippen LogP contribution in [0.3, 0.4) is 0 Å². The maximum absolute atomic E-state index is 14.4. The largest absolute Gasteiger partial charge is 0.453 e. The SMILES string of the molecule is COC(=O)N[C@H](C(=O)N1CCC[C@H]1c1ncc(-c2ccc(-c3ccc(-c4cnc([C@@H]5CCCN5C(=O)[C@@H](NC(=O)OC)C(C)C)n4C(=O)Cc4ccccc4)cc3)cc2)n1C(=O)Cc1ccccc1)C(C)C. The fourth-order valence-corrected chi connectivity index (χ4v) is 9.85. The summed E-state index contributed by atoms with van der Waals surface area (Å²) in [6.45, 7) is 8.34. The Kier molecular flexibility index (Phi) is 15.8. The fraction of sp³-hybridized carbons (Fsp3) is 0.357. The number of hydrogen-bond acceptors (Lipinski definition) is 10. The summed E-state index contributed by atoms with van der Waals surface area (Å²) in [5.74, 6) is -0.422. The first-order chi connectivity index (χ1) is 34.8. The lowest BCUT2D eigenvalue weighted by Crippen LogP contribution is -2.51. The van der Waals surface area contributed by atoms with E-state index < -0.39 is 36.4 Å². The molecule has 0 spiro atoms. The minimum atomic E-state index is -0.827. The maximum Gasteiger partial charge on any atom is 0.407 e. The molecule has 2 fully saturated rings. The second kappa shape index (κ2) is 22.5. The zero-order valence-corrected chi connectivity index (χ0v) is 41.6. The molecule has 2 aliphatic heterocycles. The molecule has 0 aliphatic carbocycles. The first kappa shape index (κ1) is 50.5. The molecule has 2 aliphatic rings. The third-order valence-electron chi connectivity index (χ3n) is 13.6. The van der Waals surface area contributed by atoms with Crippen molar-refractivity contribution < 1.29 is 38.2 Å². The summed E-state index contributed by atoms with van der Waals surface area (Å²) in [6, 6.07) is 32.1. The van der Waals surface area contributed by atoms with Gasteiger partial charge >= 0.3 is 12.2 Å². The first-order valence-electron chi connectivity index (χ1n) is 24.6. The highest BCUT2D eigenvalue weighted by atomic mass is 16.5. The van der Waals surface area contributed by atoms with Crippen LogP contribution in [-0.4, -0.2) is 104 Å². The molecule has 4 atom stereocenters. The van der Waals surface area contributed by atoms with E-state index in [-0.39, 0.29) is 48.3 Å². The van der Waals surface area contributed by atoms with Gasteiger partial charge in [0.25, 0.3) is 0 Å². The minimum absolute atomic E-state index is 0.114. The number of amides is 4. The number of carbonyl (C=O) groups excluding carboxylic acids is 6. The zero-order chi connectivity index (χ0) is 51.1. The van der Waals surface area contributed by atoms with Crippen LogP contribution in [0.5, 0.6) is 0 Å². The van der Waals surface area contributed by atoms with Crippen LogP contribution in [-0.2, 0) is 31.9 Å². The number of rotatable bonds is 15. The summed E-state index contributed by atoms with van der Waals surface area (Å²) >= 11 is 0. The molecule has 16 heteroatoms. The van der Waals surface area contributed by atoms with Gasteiger partial charge in [-0.3, -0.25) is 28.3 Å². The lowest BCUT2D eigenvalue weighted by atomic mass is 10.0. The second-order valence-corrected chi connectivity index (χ2v) is 19.0. The van der Waals surface area contributed by atoms with Crippen molar-refractivity contribution in [1.82, 2.24) is 39.5 Å². The highest BCUT2D eigenvalue weighted by molar-refractivity contribution is 5.90. The summed E-state index contributed by atoms with van der Waals surface area (Å²) < 4.78 is 13.0. The Morgan fingerprint density at radius 1 is 0.528 bits per heavy atom. The Morgan fingerprint density at radius 2 is 0.875 bits per heavy atom. The first-order valence-corrected chi connectivity index (χ1v) is 24.6. The lowest BCUT2D eigenvalue weighted by molar-refractivity contribution is -0.136. The van der Waals surface area contributed by atoms with Gasteiger partial charge in [-0.15, -0.1) is 0 Å². The standard InChI is InChI=1S/C56H62N8O8/c1-35(2)49(59-55(69)71-5)53(67)61-29-13-19-43(61)51-57-33-45(63(51)47(65)31-37-15-9-7-10-16-37)41-25-21-39(22-26-41)40-23-27-42(28-24-40)46-34-58-52(64(46)48(66)32-38-17-11-8-12-18-38)44-20-14-30-62(44)54(68)50(36(3)4)60-56(70)72-6/h7-12,15-18,21-28,33-36,43-44,49-50H,13-14,19-20,29-32H2,1-6H3,(H,59,69)(H,60,70)/t43-,44-,49-,50-/m0/s1. The van der Waals surface area contributed by atoms with Gasteiger partial charge in [-0.1, -0.05) is 137 Å². The Bertz CT molecular complexity index is 2700. The van der Waals surface area contributed by atoms with E-state index in [1.165, 1.54) is 14.2 Å². The average Bonchev–Trinajstić information content (AvgIpc) is 4.24. The van der Waals surface area contributed by atoms with Gasteiger partial charge in [0.1, 0.15) is 23.7 Å². The van der Waals surface area contributed by atoms with E-state index in [0.717, 1.165) is 33.4 Å². The van der Waals surface area contributed by atoms with Gasteiger partial charge in [-0.05, 0) is 59.8 Å². The van der Waals surface area contributed by atoms with Gasteiger partial charge in [0.2, 0.25) is 23.6 Å². The van der Waals surface area contributed by atoms with Crippen LogP contribution in [0.15, 0.2) is 122 Å². The molecule has 0 saturated carbocycles. The topological polar surface area (TPSA) is 187 Å². The number of aromatic nitrogens is 4. The molecule has 0 bridgehead atoms. The molecule has 72 heavy (non-hydrogen) atoms. The minimum Gasteiger partial charge on any atom is -0.453 e. The van der Waals surface area contributed by atoms with Crippen LogP contribution in [0, 0.1) is 11.8 Å². The van der Waals surface area contributed by atoms with Crippen LogP contribution in [0.1, 0.15) is 97.8 Å². The average molecular weight is 975 g/mol. The Balaban J connectivity index is 1.09. The zero-order valence-electron chi connectivity index (χ0n) is 41.6. The smallest absolute Gasteiger partial charge is 0.407 e. The molecule has 2 saturated heterocycles. The molecule has 16 nitrogen and oxygen atoms in total. The van der Waals surface area contributed by atoms with Crippen LogP contribution in [0.25, 0.3) is 33.6 Å². The summed E-state index contributed by atoms with van der Waals surface area (Å²) in [5, 5.41) is 5.40. The van der Waals surface area contributed by atoms with Crippen molar-refractivity contribution in [2.24, 2.45) is 11.8 Å². The molecule has 2 aromatic heterocycles. The molecule has 4 heterocycles. The predicted octanol–water partition coefficient (Wildman–Crippen LogP) is 8.93.